The molecule has 0 aromatic carbocycles. The molecule has 18 heavy (non-hydrogen) atoms. The Morgan fingerprint density at radius 3 is 2.28 bits per heavy atom. The molecule has 0 radical (unpaired) electrons. The van der Waals surface area contributed by atoms with Gasteiger partial charge in [0.1, 0.15) is 11.6 Å². The highest BCUT2D eigenvalue weighted by atomic mass is 16.6. The summed E-state index contributed by atoms with van der Waals surface area (Å²) >= 11 is 0. The number of alkyl carbamates (subject to hydrolysis) is 1. The van der Waals surface area contributed by atoms with E-state index in [9.17, 15) is 9.59 Å². The van der Waals surface area contributed by atoms with E-state index in [-0.39, 0.29) is 0 Å². The predicted octanol–water partition coefficient (Wildman–Crippen LogP) is 2.93. The van der Waals surface area contributed by atoms with Crippen LogP contribution in [0.4, 0.5) is 4.79 Å². The van der Waals surface area contributed by atoms with Crippen molar-refractivity contribution in [3.8, 4) is 0 Å². The van der Waals surface area contributed by atoms with Gasteiger partial charge in [0.05, 0.1) is 0 Å². The summed E-state index contributed by atoms with van der Waals surface area (Å²) in [5.41, 5.74) is -0.616. The third-order valence-electron chi connectivity index (χ3n) is 2.34. The summed E-state index contributed by atoms with van der Waals surface area (Å²) in [6.45, 7) is 7.31. The molecule has 0 saturated heterocycles. The lowest BCUT2D eigenvalue weighted by Crippen LogP contribution is -2.43. The second-order valence-corrected chi connectivity index (χ2v) is 5.39. The minimum absolute atomic E-state index is 0.439. The highest BCUT2D eigenvalue weighted by molar-refractivity contribution is 5.79. The van der Waals surface area contributed by atoms with Crippen molar-refractivity contribution in [2.45, 2.75) is 71.4 Å². The quantitative estimate of drug-likeness (QED) is 0.689. The van der Waals surface area contributed by atoms with Crippen LogP contribution in [0, 0.1) is 0 Å². The molecule has 0 aliphatic rings. The average Bonchev–Trinajstić information content (AvgIpc) is 2.19. The van der Waals surface area contributed by atoms with Crippen molar-refractivity contribution in [3.05, 3.63) is 0 Å². The molecule has 5 heteroatoms. The molecule has 0 aromatic rings. The first kappa shape index (κ1) is 16.7. The molecule has 0 spiro atoms. The Hall–Kier alpha value is -1.26. The highest BCUT2D eigenvalue weighted by Crippen LogP contribution is 2.09. The number of hydrogen-bond acceptors (Lipinski definition) is 3. The molecule has 106 valence electrons. The number of carbonyl (C=O) groups excluding carboxylic acids is 1. The smallest absolute Gasteiger partial charge is 0.408 e. The normalized spacial score (nSPS) is 12.9. The van der Waals surface area contributed by atoms with Crippen LogP contribution in [0.25, 0.3) is 0 Å². The minimum Gasteiger partial charge on any atom is -0.480 e. The maximum Gasteiger partial charge on any atom is 0.408 e. The van der Waals surface area contributed by atoms with Crippen LogP contribution in [0.5, 0.6) is 0 Å². The van der Waals surface area contributed by atoms with E-state index in [0.29, 0.717) is 6.42 Å². The first-order chi connectivity index (χ1) is 8.26. The van der Waals surface area contributed by atoms with Gasteiger partial charge < -0.3 is 15.2 Å². The molecule has 0 unspecified atom stereocenters. The zero-order valence-corrected chi connectivity index (χ0v) is 11.8. The summed E-state index contributed by atoms with van der Waals surface area (Å²) < 4.78 is 5.03. The van der Waals surface area contributed by atoms with E-state index >= 15 is 0 Å². The lowest BCUT2D eigenvalue weighted by atomic mass is 10.1. The number of nitrogens with one attached hydrogen (secondary N) is 1. The molecule has 2 N–H and O–H groups in total. The van der Waals surface area contributed by atoms with Crippen molar-refractivity contribution in [3.63, 3.8) is 0 Å². The molecule has 0 rings (SSSR count). The van der Waals surface area contributed by atoms with E-state index < -0.39 is 23.7 Å². The van der Waals surface area contributed by atoms with Crippen LogP contribution in [0.2, 0.25) is 0 Å². The Balaban J connectivity index is 4.11. The number of ether oxygens (including phenoxy) is 1. The molecule has 0 saturated carbocycles. The monoisotopic (exact) mass is 259 g/mol. The summed E-state index contributed by atoms with van der Waals surface area (Å²) in [5, 5.41) is 11.4. The van der Waals surface area contributed by atoms with Gasteiger partial charge in [-0.25, -0.2) is 9.59 Å². The van der Waals surface area contributed by atoms with Gasteiger partial charge in [-0.3, -0.25) is 0 Å². The number of carboxylic acids is 1. The molecular weight excluding hydrogens is 234 g/mol. The fourth-order valence-corrected chi connectivity index (χ4v) is 1.48. The van der Waals surface area contributed by atoms with Gasteiger partial charge in [0, 0.05) is 0 Å². The van der Waals surface area contributed by atoms with E-state index in [0.717, 1.165) is 25.7 Å². The van der Waals surface area contributed by atoms with Crippen LogP contribution in [-0.4, -0.2) is 28.8 Å². The van der Waals surface area contributed by atoms with E-state index in [1.807, 2.05) is 0 Å². The average molecular weight is 259 g/mol. The second-order valence-electron chi connectivity index (χ2n) is 5.39. The number of aliphatic carboxylic acids is 1. The third kappa shape index (κ3) is 8.84. The van der Waals surface area contributed by atoms with Crippen LogP contribution in [0.15, 0.2) is 0 Å². The van der Waals surface area contributed by atoms with Gasteiger partial charge in [0.2, 0.25) is 0 Å². The summed E-state index contributed by atoms with van der Waals surface area (Å²) in [6.07, 6.45) is 3.71. The third-order valence-corrected chi connectivity index (χ3v) is 2.34. The first-order valence-corrected chi connectivity index (χ1v) is 6.48. The van der Waals surface area contributed by atoms with Crippen LogP contribution in [-0.2, 0) is 9.53 Å². The topological polar surface area (TPSA) is 75.6 Å². The van der Waals surface area contributed by atoms with Gasteiger partial charge in [0.25, 0.3) is 0 Å². The zero-order valence-electron chi connectivity index (χ0n) is 11.8. The molecule has 0 aliphatic carbocycles. The van der Waals surface area contributed by atoms with Crippen LogP contribution >= 0.6 is 0 Å². The summed E-state index contributed by atoms with van der Waals surface area (Å²) in [5.74, 6) is -1.02. The van der Waals surface area contributed by atoms with Gasteiger partial charge in [-0.05, 0) is 27.2 Å². The second kappa shape index (κ2) is 7.95. The summed E-state index contributed by atoms with van der Waals surface area (Å²) in [6, 6.07) is -0.864. The molecule has 1 atom stereocenters. The Kier molecular flexibility index (Phi) is 7.39. The van der Waals surface area contributed by atoms with Crippen molar-refractivity contribution in [1.29, 1.82) is 0 Å². The number of hydrogen-bond donors (Lipinski definition) is 2. The first-order valence-electron chi connectivity index (χ1n) is 6.48. The summed E-state index contributed by atoms with van der Waals surface area (Å²) in [4.78, 5) is 22.5. The van der Waals surface area contributed by atoms with E-state index in [1.165, 1.54) is 0 Å². The van der Waals surface area contributed by atoms with Crippen LogP contribution in [0.1, 0.15) is 59.8 Å². The molecule has 0 aliphatic heterocycles. The zero-order chi connectivity index (χ0) is 14.2. The minimum atomic E-state index is -1.02. The van der Waals surface area contributed by atoms with Gasteiger partial charge in [-0.2, -0.15) is 0 Å². The van der Waals surface area contributed by atoms with Gasteiger partial charge in [-0.15, -0.1) is 0 Å². The van der Waals surface area contributed by atoms with Crippen molar-refractivity contribution >= 4 is 12.1 Å². The summed E-state index contributed by atoms with van der Waals surface area (Å²) in [7, 11) is 0. The van der Waals surface area contributed by atoms with Gasteiger partial charge >= 0.3 is 12.1 Å². The number of amides is 1. The maximum atomic E-state index is 11.5. The molecule has 5 nitrogen and oxygen atoms in total. The number of carbonyl (C=O) groups is 2. The van der Waals surface area contributed by atoms with Crippen LogP contribution < -0.4 is 5.32 Å². The molecule has 1 amide bonds. The van der Waals surface area contributed by atoms with Crippen molar-refractivity contribution in [2.24, 2.45) is 0 Å². The number of rotatable bonds is 7. The van der Waals surface area contributed by atoms with Gasteiger partial charge in [0.15, 0.2) is 0 Å². The maximum absolute atomic E-state index is 11.5. The van der Waals surface area contributed by atoms with Crippen molar-refractivity contribution in [1.82, 2.24) is 5.32 Å². The fourth-order valence-electron chi connectivity index (χ4n) is 1.48. The fraction of sp³-hybridized carbons (Fsp3) is 0.846. The lowest BCUT2D eigenvalue weighted by Gasteiger charge is -2.22. The predicted molar refractivity (Wildman–Crippen MR) is 69.6 cm³/mol. The molecule has 0 heterocycles. The largest absolute Gasteiger partial charge is 0.480 e. The van der Waals surface area contributed by atoms with E-state index in [2.05, 4.69) is 12.2 Å². The standard InChI is InChI=1S/C13H25NO4/c1-5-6-7-8-9-10(11(15)16)14-12(17)18-13(2,3)4/h10H,5-9H2,1-4H3,(H,14,17)(H,15,16)/t10-/m0/s1. The Morgan fingerprint density at radius 2 is 1.83 bits per heavy atom. The van der Waals surface area contributed by atoms with Crippen LogP contribution in [0.3, 0.4) is 0 Å². The lowest BCUT2D eigenvalue weighted by molar-refractivity contribution is -0.139. The van der Waals surface area contributed by atoms with E-state index in [1.54, 1.807) is 20.8 Å². The Bertz CT molecular complexity index is 271. The Morgan fingerprint density at radius 1 is 1.22 bits per heavy atom. The number of unbranched alkanes of at least 4 members (excludes halogenated alkanes) is 3. The molecule has 0 aromatic heterocycles. The molecule has 0 fully saturated rings. The van der Waals surface area contributed by atoms with Crippen molar-refractivity contribution < 1.29 is 19.4 Å². The number of carboxylic acid groups (broad SMARTS) is 1. The Labute approximate surface area is 109 Å². The van der Waals surface area contributed by atoms with Gasteiger partial charge in [-0.1, -0.05) is 32.6 Å². The van der Waals surface area contributed by atoms with E-state index in [4.69, 9.17) is 9.84 Å². The molecule has 0 bridgehead atoms. The van der Waals surface area contributed by atoms with Crippen molar-refractivity contribution in [2.75, 3.05) is 0 Å². The highest BCUT2D eigenvalue weighted by Gasteiger charge is 2.23. The SMILES string of the molecule is CCCCCC[C@H](NC(=O)OC(C)(C)C)C(=O)O. The molecular formula is C13H25NO4.